The van der Waals surface area contributed by atoms with E-state index in [-0.39, 0.29) is 6.04 Å². The molecule has 1 fully saturated rings. The number of rotatable bonds is 3. The maximum Gasteiger partial charge on any atom is 0.243 e. The first kappa shape index (κ1) is 14.2. The summed E-state index contributed by atoms with van der Waals surface area (Å²) in [6.45, 7) is 1.32. The first-order chi connectivity index (χ1) is 8.79. The lowest BCUT2D eigenvalue weighted by Crippen LogP contribution is -2.36. The molecular formula is C11H15F2N3O2S. The zero-order valence-corrected chi connectivity index (χ0v) is 11.2. The van der Waals surface area contributed by atoms with Crippen LogP contribution in [-0.2, 0) is 10.0 Å². The second kappa shape index (κ2) is 5.03. The van der Waals surface area contributed by atoms with Crippen LogP contribution in [0.25, 0.3) is 0 Å². The number of benzene rings is 1. The molecule has 2 rings (SSSR count). The Hall–Kier alpha value is -1.25. The molecule has 1 aliphatic heterocycles. The SMILES string of the molecule is CN1CCC(NS(=O)(=O)c2cc(N)c(F)cc2F)C1. The molecule has 1 atom stereocenters. The standard InChI is InChI=1S/C11H15F2N3O2S/c1-16-3-2-7(6-16)15-19(17,18)11-5-10(14)8(12)4-9(11)13/h4-5,7,15H,2-3,6,14H2,1H3. The molecule has 106 valence electrons. The van der Waals surface area contributed by atoms with Crippen molar-refractivity contribution in [2.45, 2.75) is 17.4 Å². The van der Waals surface area contributed by atoms with Gasteiger partial charge in [0.25, 0.3) is 0 Å². The van der Waals surface area contributed by atoms with Crippen molar-refractivity contribution in [3.8, 4) is 0 Å². The first-order valence-electron chi connectivity index (χ1n) is 5.75. The summed E-state index contributed by atoms with van der Waals surface area (Å²) in [6.07, 6.45) is 0.647. The number of nitrogen functional groups attached to an aromatic ring is 1. The summed E-state index contributed by atoms with van der Waals surface area (Å²) >= 11 is 0. The molecule has 3 N–H and O–H groups in total. The van der Waals surface area contributed by atoms with Crippen LogP contribution >= 0.6 is 0 Å². The fourth-order valence-corrected chi connectivity index (χ4v) is 3.42. The number of nitrogens with zero attached hydrogens (tertiary/aromatic N) is 1. The predicted octanol–water partition coefficient (Wildman–Crippen LogP) is 0.529. The van der Waals surface area contributed by atoms with Crippen molar-refractivity contribution in [2.24, 2.45) is 0 Å². The number of likely N-dealkylation sites (tertiary alicyclic amines) is 1. The molecule has 0 saturated carbocycles. The Kier molecular flexibility index (Phi) is 3.75. The second-order valence-electron chi connectivity index (χ2n) is 4.67. The minimum atomic E-state index is -4.04. The Balaban J connectivity index is 2.27. The Morgan fingerprint density at radius 3 is 2.63 bits per heavy atom. The van der Waals surface area contributed by atoms with Crippen LogP contribution in [0.4, 0.5) is 14.5 Å². The van der Waals surface area contributed by atoms with Gasteiger partial charge in [-0.15, -0.1) is 0 Å². The third-order valence-corrected chi connectivity index (χ3v) is 4.59. The van der Waals surface area contributed by atoms with Crippen molar-refractivity contribution in [3.63, 3.8) is 0 Å². The Bertz CT molecular complexity index is 592. The van der Waals surface area contributed by atoms with Gasteiger partial charge in [0, 0.05) is 18.7 Å². The highest BCUT2D eigenvalue weighted by Gasteiger charge is 2.28. The highest BCUT2D eigenvalue weighted by atomic mass is 32.2. The molecule has 0 aromatic heterocycles. The van der Waals surface area contributed by atoms with E-state index in [1.54, 1.807) is 0 Å². The van der Waals surface area contributed by atoms with Crippen LogP contribution in [0.1, 0.15) is 6.42 Å². The Morgan fingerprint density at radius 2 is 2.05 bits per heavy atom. The summed E-state index contributed by atoms with van der Waals surface area (Å²) < 4.78 is 53.0. The lowest BCUT2D eigenvalue weighted by Gasteiger charge is -2.14. The van der Waals surface area contributed by atoms with Crippen LogP contribution in [0.2, 0.25) is 0 Å². The van der Waals surface area contributed by atoms with Gasteiger partial charge in [0.05, 0.1) is 5.69 Å². The fourth-order valence-electron chi connectivity index (χ4n) is 2.06. The number of nitrogens with two attached hydrogens (primary N) is 1. The molecule has 1 aromatic rings. The van der Waals surface area contributed by atoms with E-state index in [9.17, 15) is 17.2 Å². The van der Waals surface area contributed by atoms with Gasteiger partial charge in [0.15, 0.2) is 0 Å². The van der Waals surface area contributed by atoms with Gasteiger partial charge < -0.3 is 10.6 Å². The van der Waals surface area contributed by atoms with Crippen LogP contribution in [-0.4, -0.2) is 39.5 Å². The number of likely N-dealkylation sites (N-methyl/N-ethyl adjacent to an activating group) is 1. The van der Waals surface area contributed by atoms with E-state index in [4.69, 9.17) is 5.73 Å². The molecule has 0 bridgehead atoms. The van der Waals surface area contributed by atoms with Crippen LogP contribution in [0.5, 0.6) is 0 Å². The summed E-state index contributed by atoms with van der Waals surface area (Å²) in [4.78, 5) is 1.34. The van der Waals surface area contributed by atoms with E-state index < -0.39 is 32.2 Å². The molecule has 0 aliphatic carbocycles. The molecule has 1 aliphatic rings. The van der Waals surface area contributed by atoms with Crippen LogP contribution in [0, 0.1) is 11.6 Å². The smallest absolute Gasteiger partial charge is 0.243 e. The highest BCUT2D eigenvalue weighted by Crippen LogP contribution is 2.21. The first-order valence-corrected chi connectivity index (χ1v) is 7.23. The topological polar surface area (TPSA) is 75.4 Å². The van der Waals surface area contributed by atoms with E-state index in [1.165, 1.54) is 0 Å². The van der Waals surface area contributed by atoms with Crippen molar-refractivity contribution in [3.05, 3.63) is 23.8 Å². The van der Waals surface area contributed by atoms with E-state index in [0.29, 0.717) is 19.0 Å². The Labute approximate surface area is 110 Å². The number of anilines is 1. The van der Waals surface area contributed by atoms with E-state index in [2.05, 4.69) is 4.72 Å². The zero-order valence-electron chi connectivity index (χ0n) is 10.4. The van der Waals surface area contributed by atoms with E-state index >= 15 is 0 Å². The summed E-state index contributed by atoms with van der Waals surface area (Å²) in [5, 5.41) is 0. The van der Waals surface area contributed by atoms with Gasteiger partial charge in [0.1, 0.15) is 16.5 Å². The fraction of sp³-hybridized carbons (Fsp3) is 0.455. The van der Waals surface area contributed by atoms with Crippen molar-refractivity contribution in [1.29, 1.82) is 0 Å². The number of hydrogen-bond acceptors (Lipinski definition) is 4. The summed E-state index contributed by atoms with van der Waals surface area (Å²) in [5.74, 6) is -2.12. The summed E-state index contributed by atoms with van der Waals surface area (Å²) in [7, 11) is -2.17. The maximum atomic E-state index is 13.6. The molecule has 1 aromatic carbocycles. The molecule has 8 heteroatoms. The zero-order chi connectivity index (χ0) is 14.2. The van der Waals surface area contributed by atoms with Gasteiger partial charge in [-0.1, -0.05) is 0 Å². The molecule has 19 heavy (non-hydrogen) atoms. The van der Waals surface area contributed by atoms with Crippen LogP contribution in [0.15, 0.2) is 17.0 Å². The van der Waals surface area contributed by atoms with Gasteiger partial charge in [-0.3, -0.25) is 0 Å². The van der Waals surface area contributed by atoms with Crippen LogP contribution in [0.3, 0.4) is 0 Å². The molecule has 0 radical (unpaired) electrons. The van der Waals surface area contributed by atoms with Crippen molar-refractivity contribution >= 4 is 15.7 Å². The average Bonchev–Trinajstić information content (AvgIpc) is 2.68. The Morgan fingerprint density at radius 1 is 1.37 bits per heavy atom. The number of nitrogens with one attached hydrogen (secondary N) is 1. The predicted molar refractivity (Wildman–Crippen MR) is 67.0 cm³/mol. The monoisotopic (exact) mass is 291 g/mol. The summed E-state index contributed by atoms with van der Waals surface area (Å²) in [6, 6.07) is 0.997. The second-order valence-corrected chi connectivity index (χ2v) is 6.36. The maximum absolute atomic E-state index is 13.6. The molecule has 0 spiro atoms. The quantitative estimate of drug-likeness (QED) is 0.797. The minimum Gasteiger partial charge on any atom is -0.396 e. The van der Waals surface area contributed by atoms with Gasteiger partial charge >= 0.3 is 0 Å². The summed E-state index contributed by atoms with van der Waals surface area (Å²) in [5.41, 5.74) is 4.88. The van der Waals surface area contributed by atoms with E-state index in [1.807, 2.05) is 11.9 Å². The molecule has 5 nitrogen and oxygen atoms in total. The van der Waals surface area contributed by atoms with Gasteiger partial charge in [-0.25, -0.2) is 21.9 Å². The molecular weight excluding hydrogens is 276 g/mol. The van der Waals surface area contributed by atoms with Crippen molar-refractivity contribution < 1.29 is 17.2 Å². The van der Waals surface area contributed by atoms with Gasteiger partial charge in [0.2, 0.25) is 10.0 Å². The molecule has 1 heterocycles. The number of hydrogen-bond donors (Lipinski definition) is 2. The van der Waals surface area contributed by atoms with Gasteiger partial charge in [-0.05, 0) is 26.1 Å². The minimum absolute atomic E-state index is 0.277. The number of halogens is 2. The molecule has 0 amide bonds. The third-order valence-electron chi connectivity index (χ3n) is 3.05. The van der Waals surface area contributed by atoms with E-state index in [0.717, 1.165) is 12.6 Å². The highest BCUT2D eigenvalue weighted by molar-refractivity contribution is 7.89. The third kappa shape index (κ3) is 3.02. The van der Waals surface area contributed by atoms with Crippen molar-refractivity contribution in [2.75, 3.05) is 25.9 Å². The normalized spacial score (nSPS) is 20.9. The van der Waals surface area contributed by atoms with Crippen LogP contribution < -0.4 is 10.5 Å². The van der Waals surface area contributed by atoms with Gasteiger partial charge in [-0.2, -0.15) is 0 Å². The lowest BCUT2D eigenvalue weighted by molar-refractivity contribution is 0.407. The molecule has 1 unspecified atom stereocenters. The number of sulfonamides is 1. The molecule has 1 saturated heterocycles. The largest absolute Gasteiger partial charge is 0.396 e. The lowest BCUT2D eigenvalue weighted by atomic mass is 10.3. The average molecular weight is 291 g/mol. The van der Waals surface area contributed by atoms with Crippen molar-refractivity contribution in [1.82, 2.24) is 9.62 Å².